The van der Waals surface area contributed by atoms with Gasteiger partial charge in [0.15, 0.2) is 0 Å². The van der Waals surface area contributed by atoms with Crippen LogP contribution >= 0.6 is 8.19 Å². The molecular weight excluding hydrogens is 184 g/mol. The Kier molecular flexibility index (Phi) is 5.62. The molecule has 0 saturated carbocycles. The summed E-state index contributed by atoms with van der Waals surface area (Å²) in [6, 6.07) is 4.68. The summed E-state index contributed by atoms with van der Waals surface area (Å²) in [6.45, 7) is 2.19. The van der Waals surface area contributed by atoms with Crippen LogP contribution in [0.5, 0.6) is 0 Å². The summed E-state index contributed by atoms with van der Waals surface area (Å²) in [5, 5.41) is 0. The molecule has 0 fully saturated rings. The first-order chi connectivity index (χ1) is 4.18. The monoisotopic (exact) mass is 196 g/mol. The summed E-state index contributed by atoms with van der Waals surface area (Å²) in [5.41, 5.74) is 1.46. The van der Waals surface area contributed by atoms with E-state index in [4.69, 9.17) is 0 Å². The molecule has 1 rings (SSSR count). The second kappa shape index (κ2) is 4.99. The van der Waals surface area contributed by atoms with Gasteiger partial charge in [-0.2, -0.15) is 0 Å². The second-order valence-corrected chi connectivity index (χ2v) is 8.51. The predicted octanol–water partition coefficient (Wildman–Crippen LogP) is -2.09. The molecule has 1 radical (unpaired) electrons. The second-order valence-electron chi connectivity index (χ2n) is 2.52. The van der Waals surface area contributed by atoms with E-state index in [1.54, 1.807) is 8.31 Å². The molecule has 4 heteroatoms. The minimum Gasteiger partial charge on any atom is -0.0465 e. The van der Waals surface area contributed by atoms with Crippen molar-refractivity contribution in [2.24, 2.45) is 0 Å². The first-order valence-corrected chi connectivity index (χ1v) is 6.15. The summed E-state index contributed by atoms with van der Waals surface area (Å²) in [4.78, 5) is 0. The van der Waals surface area contributed by atoms with E-state index in [2.05, 4.69) is 19.1 Å². The zero-order valence-electron chi connectivity index (χ0n) is 7.15. The van der Waals surface area contributed by atoms with Gasteiger partial charge in [-0.3, -0.25) is 0 Å². The van der Waals surface area contributed by atoms with Crippen molar-refractivity contribution >= 4 is 66.4 Å². The highest BCUT2D eigenvalue weighted by Crippen LogP contribution is 1.97. The standard InChI is InChI=1S/C6H6P.3Al.6H/c1-6-2-4-7-5-3-6;;;;;;;;;/h2-3,7H,1H3;;;;;;;;;/q+1;;;;;;;;;. The molecule has 0 amide bonds. The Hall–Kier alpha value is 1.25. The van der Waals surface area contributed by atoms with Gasteiger partial charge >= 0.3 is 32.6 Å². The van der Waals surface area contributed by atoms with Crippen LogP contribution in [-0.2, 0) is 0 Å². The number of aryl methyl sites for hydroxylation is 1. The van der Waals surface area contributed by atoms with Crippen molar-refractivity contribution in [2.45, 2.75) is 6.92 Å². The Labute approximate surface area is 90.5 Å². The molecule has 0 aromatic carbocycles. The van der Waals surface area contributed by atoms with E-state index in [1.165, 1.54) is 38.1 Å². The minimum absolute atomic E-state index is 0. The highest BCUT2D eigenvalue weighted by atomic mass is 31.0. The van der Waals surface area contributed by atoms with Crippen LogP contribution in [0.1, 0.15) is 5.56 Å². The fraction of sp³-hybridized carbons (Fsp3) is 0.167. The highest BCUT2D eigenvalue weighted by Gasteiger charge is 1.96. The normalized spacial score (nSPS) is 8.50. The lowest BCUT2D eigenvalue weighted by Gasteiger charge is -1.89. The first-order valence-electron chi connectivity index (χ1n) is 3.15. The maximum atomic E-state index is 2.34. The van der Waals surface area contributed by atoms with E-state index in [-0.39, 0.29) is 17.4 Å². The van der Waals surface area contributed by atoms with Gasteiger partial charge in [-0.05, 0) is 24.6 Å². The Morgan fingerprint density at radius 1 is 1.20 bits per heavy atom. The molecular formula is C6H12Al3P+. The molecule has 0 atom stereocenters. The Bertz CT molecular complexity index is 174. The maximum absolute atomic E-state index is 2.34. The van der Waals surface area contributed by atoms with Crippen molar-refractivity contribution in [3.8, 4) is 0 Å². The first kappa shape index (κ1) is 11.2. The fourth-order valence-electron chi connectivity index (χ4n) is 1.11. The lowest BCUT2D eigenvalue weighted by atomic mass is 10.3. The van der Waals surface area contributed by atoms with Crippen LogP contribution in [0.3, 0.4) is 0 Å². The molecule has 0 aliphatic heterocycles. The molecule has 0 nitrogen and oxygen atoms in total. The largest absolute Gasteiger partial charge is 0.330 e. The molecule has 0 unspecified atom stereocenters. The predicted molar refractivity (Wildman–Crippen MR) is 60.0 cm³/mol. The summed E-state index contributed by atoms with van der Waals surface area (Å²) in [6.07, 6.45) is 0. The number of hydrogen-bond donors (Lipinski definition) is 0. The van der Waals surface area contributed by atoms with Crippen LogP contribution in [0.15, 0.2) is 12.1 Å². The molecule has 0 aliphatic carbocycles. The molecule has 0 saturated heterocycles. The van der Waals surface area contributed by atoms with E-state index in [0.29, 0.717) is 0 Å². The molecule has 0 spiro atoms. The van der Waals surface area contributed by atoms with E-state index in [0.717, 1.165) is 8.19 Å². The van der Waals surface area contributed by atoms with E-state index >= 15 is 0 Å². The lowest BCUT2D eigenvalue weighted by molar-refractivity contribution is 1.54. The zero-order valence-corrected chi connectivity index (χ0v) is 14.2. The highest BCUT2D eigenvalue weighted by molar-refractivity contribution is 7.43. The van der Waals surface area contributed by atoms with Crippen molar-refractivity contribution < 1.29 is 0 Å². The fourth-order valence-corrected chi connectivity index (χ4v) is 7.11. The molecule has 0 N–H and O–H groups in total. The quantitative estimate of drug-likeness (QED) is 0.417. The van der Waals surface area contributed by atoms with E-state index in [1.807, 2.05) is 0 Å². The summed E-state index contributed by atoms with van der Waals surface area (Å²) in [7, 11) is 1.06. The van der Waals surface area contributed by atoms with Gasteiger partial charge in [0.1, 0.15) is 17.4 Å². The molecule has 0 aliphatic rings. The smallest absolute Gasteiger partial charge is 0.0465 e. The minimum atomic E-state index is 0. The molecule has 1 aromatic heterocycles. The van der Waals surface area contributed by atoms with Crippen LogP contribution in [-0.4, -0.2) is 49.9 Å². The van der Waals surface area contributed by atoms with Crippen molar-refractivity contribution in [1.29, 1.82) is 0 Å². The third kappa shape index (κ3) is 3.58. The van der Waals surface area contributed by atoms with Gasteiger partial charge in [0.2, 0.25) is 0 Å². The zero-order chi connectivity index (χ0) is 6.85. The summed E-state index contributed by atoms with van der Waals surface area (Å²) >= 11 is 2.52. The maximum Gasteiger partial charge on any atom is 0.330 e. The van der Waals surface area contributed by atoms with E-state index in [9.17, 15) is 0 Å². The summed E-state index contributed by atoms with van der Waals surface area (Å²) < 4.78 is 3.36. The topological polar surface area (TPSA) is 0 Å². The SMILES string of the molecule is Cc1c[c]([AlH2])[pH+][c]([AlH2])c1.[AlH2]. The van der Waals surface area contributed by atoms with Gasteiger partial charge in [0.25, 0.3) is 0 Å². The number of rotatable bonds is 0. The van der Waals surface area contributed by atoms with Crippen LogP contribution in [0.25, 0.3) is 0 Å². The van der Waals surface area contributed by atoms with Gasteiger partial charge in [0, 0.05) is 8.31 Å². The van der Waals surface area contributed by atoms with Crippen LogP contribution in [0, 0.1) is 6.92 Å². The van der Waals surface area contributed by atoms with Gasteiger partial charge in [-0.15, -0.1) is 0 Å². The van der Waals surface area contributed by atoms with E-state index < -0.39 is 0 Å². The molecule has 0 bridgehead atoms. The van der Waals surface area contributed by atoms with Gasteiger partial charge in [-0.25, -0.2) is 0 Å². The molecule has 1 aromatic rings. The van der Waals surface area contributed by atoms with Crippen molar-refractivity contribution in [3.05, 3.63) is 17.7 Å². The van der Waals surface area contributed by atoms with Crippen LogP contribution < -0.4 is 8.31 Å². The van der Waals surface area contributed by atoms with Gasteiger partial charge < -0.3 is 0 Å². The third-order valence-corrected chi connectivity index (χ3v) is 4.44. The molecule has 10 heavy (non-hydrogen) atoms. The Morgan fingerprint density at radius 3 is 1.90 bits per heavy atom. The van der Waals surface area contributed by atoms with Crippen molar-refractivity contribution in [3.63, 3.8) is 0 Å². The number of hydrogen-bond acceptors (Lipinski definition) is 0. The van der Waals surface area contributed by atoms with Crippen LogP contribution in [0.2, 0.25) is 0 Å². The third-order valence-electron chi connectivity index (χ3n) is 1.28. The van der Waals surface area contributed by atoms with Crippen LogP contribution in [0.4, 0.5) is 0 Å². The molecule has 49 valence electrons. The Morgan fingerprint density at radius 2 is 1.60 bits per heavy atom. The lowest BCUT2D eigenvalue weighted by Crippen LogP contribution is -2.06. The van der Waals surface area contributed by atoms with Gasteiger partial charge in [0.05, 0.1) is 8.19 Å². The Balaban J connectivity index is 0.000000810. The summed E-state index contributed by atoms with van der Waals surface area (Å²) in [5.74, 6) is 0. The average Bonchev–Trinajstić information content (AvgIpc) is 1.59. The average molecular weight is 196 g/mol. The van der Waals surface area contributed by atoms with Crippen molar-refractivity contribution in [2.75, 3.05) is 0 Å². The molecule has 1 heterocycles. The van der Waals surface area contributed by atoms with Crippen molar-refractivity contribution in [1.82, 2.24) is 0 Å². The van der Waals surface area contributed by atoms with Gasteiger partial charge in [-0.1, -0.05) is 0 Å².